The number of aliphatic carboxylic acids is 1. The Hall–Kier alpha value is -1.18. The normalized spacial score (nSPS) is 12.7. The van der Waals surface area contributed by atoms with Crippen molar-refractivity contribution in [2.45, 2.75) is 32.9 Å². The number of nitrogens with one attached hydrogen (secondary N) is 1. The van der Waals surface area contributed by atoms with Crippen LogP contribution < -0.4 is 5.32 Å². The van der Waals surface area contributed by atoms with Crippen LogP contribution in [0.1, 0.15) is 20.8 Å². The summed E-state index contributed by atoms with van der Waals surface area (Å²) in [4.78, 5) is 23.9. The van der Waals surface area contributed by atoms with Crippen LogP contribution in [0.5, 0.6) is 0 Å². The molecule has 19 heavy (non-hydrogen) atoms. The maximum atomic E-state index is 11.1. The molecule has 1 atom stereocenters. The number of nitrogens with zero attached hydrogens (tertiary/aromatic N) is 1. The van der Waals surface area contributed by atoms with Crippen molar-refractivity contribution >= 4 is 11.9 Å². The van der Waals surface area contributed by atoms with Crippen LogP contribution in [0.15, 0.2) is 0 Å². The number of carboxylic acids is 1. The molecule has 0 saturated carbocycles. The van der Waals surface area contributed by atoms with Gasteiger partial charge in [-0.3, -0.25) is 9.69 Å². The van der Waals surface area contributed by atoms with E-state index in [0.717, 1.165) is 0 Å². The summed E-state index contributed by atoms with van der Waals surface area (Å²) in [5, 5.41) is 20.1. The Morgan fingerprint density at radius 2 is 1.95 bits per heavy atom. The molecule has 1 amide bonds. The van der Waals surface area contributed by atoms with Crippen molar-refractivity contribution in [3.8, 4) is 0 Å². The Balaban J connectivity index is 4.35. The van der Waals surface area contributed by atoms with Gasteiger partial charge in [0.1, 0.15) is 6.04 Å². The van der Waals surface area contributed by atoms with Crippen LogP contribution in [0.25, 0.3) is 0 Å². The zero-order valence-corrected chi connectivity index (χ0v) is 11.8. The summed E-state index contributed by atoms with van der Waals surface area (Å²) in [6.45, 7) is 6.57. The predicted octanol–water partition coefficient (Wildman–Crippen LogP) is -0.705. The van der Waals surface area contributed by atoms with Gasteiger partial charge in [-0.1, -0.05) is 0 Å². The first-order valence-electron chi connectivity index (χ1n) is 6.31. The third-order valence-corrected chi connectivity index (χ3v) is 2.58. The third kappa shape index (κ3) is 8.52. The van der Waals surface area contributed by atoms with E-state index in [1.54, 1.807) is 0 Å². The Labute approximate surface area is 113 Å². The van der Waals surface area contributed by atoms with Gasteiger partial charge in [0, 0.05) is 26.1 Å². The van der Waals surface area contributed by atoms with Gasteiger partial charge in [0.15, 0.2) is 0 Å². The molecule has 0 aliphatic heterocycles. The molecule has 7 heteroatoms. The largest absolute Gasteiger partial charge is 0.480 e. The Morgan fingerprint density at radius 3 is 2.37 bits per heavy atom. The van der Waals surface area contributed by atoms with Gasteiger partial charge in [0.2, 0.25) is 5.91 Å². The number of ether oxygens (including phenoxy) is 1. The summed E-state index contributed by atoms with van der Waals surface area (Å²) >= 11 is 0. The molecule has 0 radical (unpaired) electrons. The minimum absolute atomic E-state index is 0.0364. The molecule has 0 aliphatic carbocycles. The molecule has 0 aliphatic rings. The molecule has 0 heterocycles. The fraction of sp³-hybridized carbons (Fsp3) is 0.833. The first kappa shape index (κ1) is 17.8. The van der Waals surface area contributed by atoms with Crippen molar-refractivity contribution in [2.75, 3.05) is 32.9 Å². The fourth-order valence-electron chi connectivity index (χ4n) is 1.57. The molecule has 7 nitrogen and oxygen atoms in total. The molecule has 0 aromatic heterocycles. The molecule has 0 rings (SSSR count). The number of carbonyl (C=O) groups excluding carboxylic acids is 1. The summed E-state index contributed by atoms with van der Waals surface area (Å²) in [6.07, 6.45) is 0. The second kappa shape index (κ2) is 9.71. The molecule has 0 aromatic rings. The van der Waals surface area contributed by atoms with E-state index in [1.807, 2.05) is 18.7 Å². The molecule has 0 fully saturated rings. The summed E-state index contributed by atoms with van der Waals surface area (Å²) in [5.41, 5.74) is 0. The second-order valence-electron chi connectivity index (χ2n) is 4.52. The van der Waals surface area contributed by atoms with Crippen molar-refractivity contribution in [3.63, 3.8) is 0 Å². The van der Waals surface area contributed by atoms with E-state index in [1.165, 1.54) is 6.92 Å². The van der Waals surface area contributed by atoms with E-state index in [0.29, 0.717) is 13.2 Å². The Morgan fingerprint density at radius 1 is 1.32 bits per heavy atom. The van der Waals surface area contributed by atoms with Crippen LogP contribution in [0, 0.1) is 0 Å². The number of aliphatic hydroxyl groups excluding tert-OH is 1. The lowest BCUT2D eigenvalue weighted by molar-refractivity contribution is -0.142. The highest BCUT2D eigenvalue weighted by atomic mass is 16.5. The maximum Gasteiger partial charge on any atom is 0.327 e. The van der Waals surface area contributed by atoms with Gasteiger partial charge >= 0.3 is 5.97 Å². The zero-order chi connectivity index (χ0) is 14.8. The number of rotatable bonds is 10. The molecular weight excluding hydrogens is 252 g/mol. The van der Waals surface area contributed by atoms with Crippen LogP contribution in [0.3, 0.4) is 0 Å². The van der Waals surface area contributed by atoms with Gasteiger partial charge in [-0.05, 0) is 13.8 Å². The highest BCUT2D eigenvalue weighted by molar-refractivity contribution is 5.82. The van der Waals surface area contributed by atoms with Gasteiger partial charge in [0.25, 0.3) is 0 Å². The topological polar surface area (TPSA) is 99.1 Å². The first-order chi connectivity index (χ1) is 8.88. The van der Waals surface area contributed by atoms with E-state index in [-0.39, 0.29) is 31.7 Å². The molecule has 3 N–H and O–H groups in total. The molecule has 0 bridgehead atoms. The number of carbonyl (C=O) groups is 2. The minimum atomic E-state index is -1.06. The first-order valence-corrected chi connectivity index (χ1v) is 6.31. The average molecular weight is 276 g/mol. The monoisotopic (exact) mass is 276 g/mol. The van der Waals surface area contributed by atoms with Crippen LogP contribution in [-0.2, 0) is 14.3 Å². The summed E-state index contributed by atoms with van der Waals surface area (Å²) < 4.78 is 5.16. The molecular formula is C12H24N2O5. The second-order valence-corrected chi connectivity index (χ2v) is 4.52. The zero-order valence-electron chi connectivity index (χ0n) is 11.8. The summed E-state index contributed by atoms with van der Waals surface area (Å²) in [6, 6.07) is -0.800. The molecule has 112 valence electrons. The summed E-state index contributed by atoms with van der Waals surface area (Å²) in [5.74, 6) is -1.43. The van der Waals surface area contributed by atoms with E-state index in [4.69, 9.17) is 14.9 Å². The highest BCUT2D eigenvalue weighted by Crippen LogP contribution is 2.01. The van der Waals surface area contributed by atoms with Gasteiger partial charge in [-0.15, -0.1) is 0 Å². The van der Waals surface area contributed by atoms with Crippen LogP contribution >= 0.6 is 0 Å². The van der Waals surface area contributed by atoms with Crippen LogP contribution in [0.2, 0.25) is 0 Å². The Kier molecular flexibility index (Phi) is 9.11. The number of carboxylic acid groups (broad SMARTS) is 1. The highest BCUT2D eigenvalue weighted by Gasteiger charge is 2.23. The van der Waals surface area contributed by atoms with E-state index < -0.39 is 12.0 Å². The van der Waals surface area contributed by atoms with Crippen molar-refractivity contribution in [1.82, 2.24) is 10.2 Å². The van der Waals surface area contributed by atoms with Crippen LogP contribution in [-0.4, -0.2) is 72.0 Å². The SMILES string of the molecule is CC(=O)NC(CN(CCOCCO)C(C)C)C(=O)O. The van der Waals surface area contributed by atoms with Crippen molar-refractivity contribution in [3.05, 3.63) is 0 Å². The van der Waals surface area contributed by atoms with E-state index >= 15 is 0 Å². The lowest BCUT2D eigenvalue weighted by Crippen LogP contribution is -2.50. The lowest BCUT2D eigenvalue weighted by Gasteiger charge is -2.29. The van der Waals surface area contributed by atoms with Crippen molar-refractivity contribution in [1.29, 1.82) is 0 Å². The number of aliphatic hydroxyl groups is 1. The third-order valence-electron chi connectivity index (χ3n) is 2.58. The smallest absolute Gasteiger partial charge is 0.327 e. The molecule has 1 unspecified atom stereocenters. The number of hydrogen-bond donors (Lipinski definition) is 3. The number of hydrogen-bond acceptors (Lipinski definition) is 5. The van der Waals surface area contributed by atoms with Crippen molar-refractivity contribution in [2.24, 2.45) is 0 Å². The number of amides is 1. The van der Waals surface area contributed by atoms with Gasteiger partial charge in [-0.25, -0.2) is 4.79 Å². The average Bonchev–Trinajstić information content (AvgIpc) is 2.30. The lowest BCUT2D eigenvalue weighted by atomic mass is 10.2. The molecule has 0 spiro atoms. The van der Waals surface area contributed by atoms with Gasteiger partial charge in [0.05, 0.1) is 19.8 Å². The van der Waals surface area contributed by atoms with E-state index in [9.17, 15) is 9.59 Å². The Bertz CT molecular complexity index is 283. The predicted molar refractivity (Wildman–Crippen MR) is 69.9 cm³/mol. The summed E-state index contributed by atoms with van der Waals surface area (Å²) in [7, 11) is 0. The van der Waals surface area contributed by atoms with Crippen molar-refractivity contribution < 1.29 is 24.5 Å². The fourth-order valence-corrected chi connectivity index (χ4v) is 1.57. The quantitative estimate of drug-likeness (QED) is 0.456. The van der Waals surface area contributed by atoms with E-state index in [2.05, 4.69) is 5.32 Å². The molecule has 0 aromatic carbocycles. The minimum Gasteiger partial charge on any atom is -0.480 e. The standard InChI is InChI=1S/C12H24N2O5/c1-9(2)14(4-6-19-7-5-15)8-11(12(17)18)13-10(3)16/h9,11,15H,4-8H2,1-3H3,(H,13,16)(H,17,18). The maximum absolute atomic E-state index is 11.1. The van der Waals surface area contributed by atoms with Gasteiger partial charge in [-0.2, -0.15) is 0 Å². The van der Waals surface area contributed by atoms with Gasteiger partial charge < -0.3 is 20.3 Å². The van der Waals surface area contributed by atoms with Crippen LogP contribution in [0.4, 0.5) is 0 Å². The molecule has 0 saturated heterocycles.